The van der Waals surface area contributed by atoms with Gasteiger partial charge < -0.3 is 9.14 Å². The fourth-order valence-corrected chi connectivity index (χ4v) is 2.49. The van der Waals surface area contributed by atoms with Crippen molar-refractivity contribution in [2.24, 2.45) is 0 Å². The molecule has 26 heavy (non-hydrogen) atoms. The molecule has 2 aromatic rings. The highest BCUT2D eigenvalue weighted by atomic mass is 35.5. The monoisotopic (exact) mass is 398 g/mol. The molecular weight excluding hydrogens is 390 g/mol. The maximum atomic E-state index is 14.5. The van der Waals surface area contributed by atoms with E-state index in [9.17, 15) is 31.1 Å². The van der Waals surface area contributed by atoms with Gasteiger partial charge in [0.05, 0.1) is 23.3 Å². The summed E-state index contributed by atoms with van der Waals surface area (Å²) in [5, 5.41) is 3.50. The van der Waals surface area contributed by atoms with E-state index in [-0.39, 0.29) is 12.1 Å². The van der Waals surface area contributed by atoms with Gasteiger partial charge in [0.25, 0.3) is 0 Å². The SMILES string of the molecule is CCOC(=O)c1c(C(F)(F)C(F)(F)C(F)(F)Cl)c(C#N)n2ccccc12. The van der Waals surface area contributed by atoms with Gasteiger partial charge in [0.15, 0.2) is 0 Å². The lowest BCUT2D eigenvalue weighted by Crippen LogP contribution is -2.50. The molecule has 0 aromatic carbocycles. The van der Waals surface area contributed by atoms with Crippen LogP contribution in [0.15, 0.2) is 24.4 Å². The van der Waals surface area contributed by atoms with Crippen molar-refractivity contribution in [3.8, 4) is 6.07 Å². The van der Waals surface area contributed by atoms with Crippen molar-refractivity contribution < 1.29 is 35.9 Å². The molecule has 4 nitrogen and oxygen atoms in total. The predicted octanol–water partition coefficient (Wildman–Crippen LogP) is 4.55. The Bertz CT molecular complexity index is 898. The fourth-order valence-electron chi connectivity index (χ4n) is 2.37. The van der Waals surface area contributed by atoms with Gasteiger partial charge in [-0.3, -0.25) is 0 Å². The highest BCUT2D eigenvalue weighted by Crippen LogP contribution is 2.54. The maximum Gasteiger partial charge on any atom is 0.390 e. The van der Waals surface area contributed by atoms with Crippen LogP contribution in [-0.4, -0.2) is 28.3 Å². The Hall–Kier alpha value is -2.41. The number of hydrogen-bond donors (Lipinski definition) is 0. The fraction of sp³-hybridized carbons (Fsp3) is 0.333. The number of halogens is 7. The van der Waals surface area contributed by atoms with E-state index in [4.69, 9.17) is 5.26 Å². The van der Waals surface area contributed by atoms with Crippen LogP contribution in [0.2, 0.25) is 0 Å². The number of esters is 1. The summed E-state index contributed by atoms with van der Waals surface area (Å²) in [6.07, 6.45) is 1.03. The first-order valence-corrected chi connectivity index (χ1v) is 7.32. The van der Waals surface area contributed by atoms with Crippen LogP contribution in [0.25, 0.3) is 5.52 Å². The smallest absolute Gasteiger partial charge is 0.390 e. The molecule has 0 unspecified atom stereocenters. The molecule has 0 aliphatic rings. The van der Waals surface area contributed by atoms with Crippen LogP contribution in [-0.2, 0) is 10.7 Å². The number of carbonyl (C=O) groups is 1. The summed E-state index contributed by atoms with van der Waals surface area (Å²) in [5.74, 6) is -13.2. The molecule has 0 fully saturated rings. The van der Waals surface area contributed by atoms with Crippen LogP contribution in [0, 0.1) is 11.3 Å². The van der Waals surface area contributed by atoms with Crippen LogP contribution in [0.1, 0.15) is 28.5 Å². The van der Waals surface area contributed by atoms with Gasteiger partial charge >= 0.3 is 23.2 Å². The third-order valence-electron chi connectivity index (χ3n) is 3.49. The number of fused-ring (bicyclic) bond motifs is 1. The van der Waals surface area contributed by atoms with E-state index in [1.807, 2.05) is 0 Å². The van der Waals surface area contributed by atoms with Crippen LogP contribution in [0.3, 0.4) is 0 Å². The average molecular weight is 399 g/mol. The highest BCUT2D eigenvalue weighted by Gasteiger charge is 2.73. The highest BCUT2D eigenvalue weighted by molar-refractivity contribution is 6.22. The summed E-state index contributed by atoms with van der Waals surface area (Å²) < 4.78 is 87.8. The molecule has 0 amide bonds. The molecule has 0 bridgehead atoms. The topological polar surface area (TPSA) is 54.5 Å². The third kappa shape index (κ3) is 2.76. The minimum absolute atomic E-state index is 0.308. The zero-order chi connectivity index (χ0) is 19.9. The number of alkyl halides is 7. The van der Waals surface area contributed by atoms with Crippen molar-refractivity contribution in [1.29, 1.82) is 5.26 Å². The number of pyridine rings is 1. The summed E-state index contributed by atoms with van der Waals surface area (Å²) in [7, 11) is 0. The summed E-state index contributed by atoms with van der Waals surface area (Å²) >= 11 is 4.18. The van der Waals surface area contributed by atoms with Gasteiger partial charge in [-0.1, -0.05) is 6.07 Å². The Kier molecular flexibility index (Phi) is 4.89. The van der Waals surface area contributed by atoms with Gasteiger partial charge in [-0.25, -0.2) is 4.79 Å². The number of carbonyl (C=O) groups excluding carboxylic acids is 1. The predicted molar refractivity (Wildman–Crippen MR) is 77.7 cm³/mol. The Morgan fingerprint density at radius 1 is 1.27 bits per heavy atom. The van der Waals surface area contributed by atoms with Crippen LogP contribution in [0.4, 0.5) is 26.3 Å². The Labute approximate surface area is 147 Å². The van der Waals surface area contributed by atoms with Gasteiger partial charge in [0.2, 0.25) is 0 Å². The number of aromatic nitrogens is 1. The first-order chi connectivity index (χ1) is 11.9. The molecule has 2 rings (SSSR count). The van der Waals surface area contributed by atoms with Gasteiger partial charge in [0, 0.05) is 6.20 Å². The summed E-state index contributed by atoms with van der Waals surface area (Å²) in [6, 6.07) is 4.85. The second-order valence-corrected chi connectivity index (χ2v) is 5.51. The lowest BCUT2D eigenvalue weighted by molar-refractivity contribution is -0.286. The Balaban J connectivity index is 2.96. The van der Waals surface area contributed by atoms with Crippen LogP contribution in [0.5, 0.6) is 0 Å². The van der Waals surface area contributed by atoms with Gasteiger partial charge in [-0.2, -0.15) is 31.6 Å². The average Bonchev–Trinajstić information content (AvgIpc) is 2.88. The molecule has 0 aliphatic carbocycles. The van der Waals surface area contributed by atoms with Crippen molar-refractivity contribution in [2.45, 2.75) is 24.2 Å². The van der Waals surface area contributed by atoms with Crippen LogP contribution >= 0.6 is 11.6 Å². The molecule has 0 aliphatic heterocycles. The van der Waals surface area contributed by atoms with E-state index in [2.05, 4.69) is 16.3 Å². The normalized spacial score (nSPS) is 12.9. The van der Waals surface area contributed by atoms with Crippen molar-refractivity contribution in [3.05, 3.63) is 41.2 Å². The summed E-state index contributed by atoms with van der Waals surface area (Å²) in [6.45, 7) is 1.01. The summed E-state index contributed by atoms with van der Waals surface area (Å²) in [4.78, 5) is 12.1. The van der Waals surface area contributed by atoms with E-state index < -0.39 is 40.0 Å². The first-order valence-electron chi connectivity index (χ1n) is 6.94. The second-order valence-electron chi connectivity index (χ2n) is 5.03. The quantitative estimate of drug-likeness (QED) is 0.422. The van der Waals surface area contributed by atoms with Crippen molar-refractivity contribution in [2.75, 3.05) is 6.61 Å². The minimum atomic E-state index is -6.10. The zero-order valence-electron chi connectivity index (χ0n) is 12.9. The third-order valence-corrected chi connectivity index (χ3v) is 3.73. The standard InChI is InChI=1S/C15H9ClF6N2O2/c1-2-26-12(25)10-8-5-3-4-6-24(8)9(7-23)11(10)13(17,18)14(19,20)15(16,21)22/h3-6H,2H2,1H3. The molecule has 0 N–H and O–H groups in total. The maximum absolute atomic E-state index is 14.5. The minimum Gasteiger partial charge on any atom is -0.462 e. The molecular formula is C15H9ClF6N2O2. The van der Waals surface area contributed by atoms with Gasteiger partial charge in [-0.15, -0.1) is 0 Å². The van der Waals surface area contributed by atoms with E-state index in [1.54, 1.807) is 0 Å². The van der Waals surface area contributed by atoms with Crippen molar-refractivity contribution in [1.82, 2.24) is 4.40 Å². The number of rotatable bonds is 5. The molecule has 2 aromatic heterocycles. The molecule has 2 heterocycles. The van der Waals surface area contributed by atoms with Crippen molar-refractivity contribution in [3.63, 3.8) is 0 Å². The number of hydrogen-bond acceptors (Lipinski definition) is 3. The second kappa shape index (κ2) is 6.39. The molecule has 0 radical (unpaired) electrons. The van der Waals surface area contributed by atoms with Crippen molar-refractivity contribution >= 4 is 23.1 Å². The zero-order valence-corrected chi connectivity index (χ0v) is 13.6. The molecule has 0 atom stereocenters. The lowest BCUT2D eigenvalue weighted by Gasteiger charge is -2.29. The summed E-state index contributed by atoms with van der Waals surface area (Å²) in [5.41, 5.74) is -4.50. The lowest BCUT2D eigenvalue weighted by atomic mass is 9.97. The van der Waals surface area contributed by atoms with Gasteiger partial charge in [-0.05, 0) is 30.7 Å². The van der Waals surface area contributed by atoms with Gasteiger partial charge in [0.1, 0.15) is 11.8 Å². The molecule has 0 spiro atoms. The Morgan fingerprint density at radius 2 is 1.88 bits per heavy atom. The van der Waals surface area contributed by atoms with E-state index >= 15 is 0 Å². The molecule has 11 heteroatoms. The Morgan fingerprint density at radius 3 is 2.38 bits per heavy atom. The number of nitrogens with zero attached hydrogens (tertiary/aromatic N) is 2. The van der Waals surface area contributed by atoms with E-state index in [0.29, 0.717) is 4.40 Å². The molecule has 0 saturated carbocycles. The number of ether oxygens (including phenoxy) is 1. The van der Waals surface area contributed by atoms with E-state index in [0.717, 1.165) is 12.3 Å². The first kappa shape index (κ1) is 19.9. The molecule has 140 valence electrons. The van der Waals surface area contributed by atoms with Crippen LogP contribution < -0.4 is 0 Å². The van der Waals surface area contributed by atoms with E-state index in [1.165, 1.54) is 25.1 Å². The number of nitriles is 1. The molecule has 0 saturated heterocycles. The largest absolute Gasteiger partial charge is 0.462 e.